The van der Waals surface area contributed by atoms with Gasteiger partial charge in [-0.2, -0.15) is 0 Å². The van der Waals surface area contributed by atoms with E-state index in [1.54, 1.807) is 14.2 Å². The first-order chi connectivity index (χ1) is 14.9. The normalized spacial score (nSPS) is 19.3. The smallest absolute Gasteiger partial charge is 0.162 e. The summed E-state index contributed by atoms with van der Waals surface area (Å²) in [4.78, 5) is 13.3. The Balaban J connectivity index is 1.85. The summed E-state index contributed by atoms with van der Waals surface area (Å²) in [6.07, 6.45) is 2.34. The number of hydrogen-bond donors (Lipinski definition) is 1. The van der Waals surface area contributed by atoms with Gasteiger partial charge in [0, 0.05) is 35.4 Å². The van der Waals surface area contributed by atoms with Crippen molar-refractivity contribution in [2.24, 2.45) is 5.41 Å². The first-order valence-electron chi connectivity index (χ1n) is 10.9. The number of nitrogens with one attached hydrogen (secondary N) is 1. The van der Waals surface area contributed by atoms with Crippen LogP contribution in [0.5, 0.6) is 17.2 Å². The van der Waals surface area contributed by atoms with E-state index in [-0.39, 0.29) is 17.1 Å². The van der Waals surface area contributed by atoms with Gasteiger partial charge >= 0.3 is 0 Å². The van der Waals surface area contributed by atoms with Gasteiger partial charge in [-0.05, 0) is 47.6 Å². The molecule has 1 aliphatic carbocycles. The predicted octanol–water partition coefficient (Wildman–Crippen LogP) is 5.69. The van der Waals surface area contributed by atoms with Crippen molar-refractivity contribution in [3.8, 4) is 17.2 Å². The Hall–Kier alpha value is -2.95. The van der Waals surface area contributed by atoms with Gasteiger partial charge in [0.05, 0.1) is 20.8 Å². The minimum Gasteiger partial charge on any atom is -0.494 e. The van der Waals surface area contributed by atoms with Gasteiger partial charge in [0.2, 0.25) is 0 Å². The van der Waals surface area contributed by atoms with E-state index in [1.165, 1.54) is 0 Å². The zero-order chi connectivity index (χ0) is 22.2. The number of hydrogen-bond acceptors (Lipinski definition) is 5. The highest BCUT2D eigenvalue weighted by Gasteiger charge is 2.41. The second kappa shape index (κ2) is 8.29. The number of anilines is 1. The molecule has 0 radical (unpaired) electrons. The predicted molar refractivity (Wildman–Crippen MR) is 122 cm³/mol. The molecule has 0 saturated carbocycles. The van der Waals surface area contributed by atoms with Gasteiger partial charge in [-0.15, -0.1) is 0 Å². The summed E-state index contributed by atoms with van der Waals surface area (Å²) >= 11 is 0. The fourth-order valence-electron chi connectivity index (χ4n) is 4.66. The third kappa shape index (κ3) is 4.01. The lowest BCUT2D eigenvalue weighted by Gasteiger charge is -2.39. The van der Waals surface area contributed by atoms with Crippen LogP contribution in [0.4, 0.5) is 5.69 Å². The minimum atomic E-state index is -0.158. The van der Waals surface area contributed by atoms with Crippen LogP contribution >= 0.6 is 0 Å². The lowest BCUT2D eigenvalue weighted by Crippen LogP contribution is -2.33. The number of carbonyl (C=O) groups is 1. The fraction of sp³-hybridized carbons (Fsp3) is 0.423. The summed E-state index contributed by atoms with van der Waals surface area (Å²) in [6.45, 7) is 7.08. The van der Waals surface area contributed by atoms with E-state index < -0.39 is 0 Å². The molecule has 5 nitrogen and oxygen atoms in total. The lowest BCUT2D eigenvalue weighted by atomic mass is 9.68. The lowest BCUT2D eigenvalue weighted by molar-refractivity contribution is -0.118. The maximum Gasteiger partial charge on any atom is 0.162 e. The number of carbonyl (C=O) groups excluding carboxylic acids is 1. The molecule has 0 bridgehead atoms. The van der Waals surface area contributed by atoms with Crippen molar-refractivity contribution >= 4 is 11.5 Å². The molecule has 164 valence electrons. The molecule has 0 spiro atoms. The van der Waals surface area contributed by atoms with E-state index in [1.807, 2.05) is 24.3 Å². The highest BCUT2D eigenvalue weighted by atomic mass is 16.5. The average molecular weight is 422 g/mol. The Bertz CT molecular complexity index is 1020. The SMILES string of the molecule is CCCOc1ccc(C2C3=C(CC(C)(C)CC3=O)Nc3cc(OC)c(OC)cc32)cc1. The summed E-state index contributed by atoms with van der Waals surface area (Å²) in [5, 5.41) is 3.55. The molecule has 0 amide bonds. The minimum absolute atomic E-state index is 0.0701. The van der Waals surface area contributed by atoms with Crippen molar-refractivity contribution in [1.82, 2.24) is 0 Å². The molecule has 1 aliphatic heterocycles. The largest absolute Gasteiger partial charge is 0.494 e. The second-order valence-electron chi connectivity index (χ2n) is 9.10. The Labute approximate surface area is 184 Å². The van der Waals surface area contributed by atoms with Crippen molar-refractivity contribution < 1.29 is 19.0 Å². The number of ether oxygens (including phenoxy) is 3. The number of benzene rings is 2. The molecule has 2 aromatic carbocycles. The van der Waals surface area contributed by atoms with E-state index in [0.717, 1.165) is 46.7 Å². The molecule has 0 saturated heterocycles. The Kier molecular flexibility index (Phi) is 5.69. The van der Waals surface area contributed by atoms with E-state index in [2.05, 4.69) is 38.2 Å². The van der Waals surface area contributed by atoms with E-state index in [9.17, 15) is 4.79 Å². The van der Waals surface area contributed by atoms with Crippen LogP contribution < -0.4 is 19.5 Å². The molecule has 1 atom stereocenters. The Morgan fingerprint density at radius 2 is 1.71 bits per heavy atom. The molecule has 1 unspecified atom stereocenters. The van der Waals surface area contributed by atoms with Crippen LogP contribution in [0.1, 0.15) is 57.1 Å². The summed E-state index contributed by atoms with van der Waals surface area (Å²) in [6, 6.07) is 12.1. The van der Waals surface area contributed by atoms with E-state index in [0.29, 0.717) is 24.5 Å². The van der Waals surface area contributed by atoms with Crippen molar-refractivity contribution in [3.05, 3.63) is 58.8 Å². The molecule has 1 N–H and O–H groups in total. The monoisotopic (exact) mass is 421 g/mol. The standard InChI is InChI=1S/C26H31NO4/c1-6-11-31-17-9-7-16(8-10-17)24-18-12-22(29-4)23(30-5)13-19(18)27-20-14-26(2,3)15-21(28)25(20)24/h7-10,12-13,24,27H,6,11,14-15H2,1-5H3. The van der Waals surface area contributed by atoms with Crippen LogP contribution in [0.25, 0.3) is 0 Å². The van der Waals surface area contributed by atoms with Crippen LogP contribution in [0.3, 0.4) is 0 Å². The second-order valence-corrected chi connectivity index (χ2v) is 9.10. The number of Topliss-reactive ketones (excluding diaryl/α,β-unsaturated/α-hetero) is 1. The molecular formula is C26H31NO4. The van der Waals surface area contributed by atoms with Gasteiger partial charge in [-0.1, -0.05) is 32.9 Å². The first kappa shape index (κ1) is 21.3. The van der Waals surface area contributed by atoms with E-state index >= 15 is 0 Å². The molecule has 0 aromatic heterocycles. The quantitative estimate of drug-likeness (QED) is 0.649. The molecule has 4 rings (SSSR count). The highest BCUT2D eigenvalue weighted by Crippen LogP contribution is 2.51. The van der Waals surface area contributed by atoms with Gasteiger partial charge in [0.15, 0.2) is 17.3 Å². The van der Waals surface area contributed by atoms with Gasteiger partial charge in [-0.25, -0.2) is 0 Å². The van der Waals surface area contributed by atoms with Gasteiger partial charge in [-0.3, -0.25) is 4.79 Å². The molecular weight excluding hydrogens is 390 g/mol. The third-order valence-electron chi connectivity index (χ3n) is 6.05. The van der Waals surface area contributed by atoms with Gasteiger partial charge in [0.25, 0.3) is 0 Å². The van der Waals surface area contributed by atoms with Crippen molar-refractivity contribution in [1.29, 1.82) is 0 Å². The van der Waals surface area contributed by atoms with Crippen molar-refractivity contribution in [3.63, 3.8) is 0 Å². The van der Waals surface area contributed by atoms with Crippen molar-refractivity contribution in [2.45, 2.75) is 46.0 Å². The average Bonchev–Trinajstić information content (AvgIpc) is 2.74. The number of rotatable bonds is 6. The van der Waals surface area contributed by atoms with Crippen LogP contribution in [-0.4, -0.2) is 26.6 Å². The summed E-state index contributed by atoms with van der Waals surface area (Å²) in [7, 11) is 3.27. The molecule has 1 heterocycles. The molecule has 31 heavy (non-hydrogen) atoms. The Morgan fingerprint density at radius 1 is 1.03 bits per heavy atom. The van der Waals surface area contributed by atoms with Crippen LogP contribution in [0.15, 0.2) is 47.7 Å². The summed E-state index contributed by atoms with van der Waals surface area (Å²) < 4.78 is 16.9. The zero-order valence-electron chi connectivity index (χ0n) is 19.0. The highest BCUT2D eigenvalue weighted by molar-refractivity contribution is 6.01. The van der Waals surface area contributed by atoms with Crippen LogP contribution in [0, 0.1) is 5.41 Å². The number of ketones is 1. The van der Waals surface area contributed by atoms with Gasteiger partial charge < -0.3 is 19.5 Å². The first-order valence-corrected chi connectivity index (χ1v) is 10.9. The van der Waals surface area contributed by atoms with Crippen molar-refractivity contribution in [2.75, 3.05) is 26.1 Å². The van der Waals surface area contributed by atoms with Gasteiger partial charge in [0.1, 0.15) is 5.75 Å². The molecule has 2 aliphatic rings. The summed E-state index contributed by atoms with van der Waals surface area (Å²) in [5.74, 6) is 2.22. The number of allylic oxidation sites excluding steroid dienone is 2. The molecule has 0 fully saturated rings. The summed E-state index contributed by atoms with van der Waals surface area (Å²) in [5.41, 5.74) is 4.85. The third-order valence-corrected chi connectivity index (χ3v) is 6.05. The maximum atomic E-state index is 13.3. The van der Waals surface area contributed by atoms with Crippen LogP contribution in [0.2, 0.25) is 0 Å². The number of fused-ring (bicyclic) bond motifs is 1. The molecule has 2 aromatic rings. The topological polar surface area (TPSA) is 56.8 Å². The fourth-order valence-corrected chi connectivity index (χ4v) is 4.66. The Morgan fingerprint density at radius 3 is 2.35 bits per heavy atom. The zero-order valence-corrected chi connectivity index (χ0v) is 19.0. The maximum absolute atomic E-state index is 13.3. The molecule has 5 heteroatoms. The van der Waals surface area contributed by atoms with E-state index in [4.69, 9.17) is 14.2 Å². The number of methoxy groups -OCH3 is 2. The van der Waals surface area contributed by atoms with Crippen LogP contribution in [-0.2, 0) is 4.79 Å².